The Morgan fingerprint density at radius 3 is 2.47 bits per heavy atom. The minimum Gasteiger partial charge on any atom is -0.487 e. The van der Waals surface area contributed by atoms with Crippen LogP contribution in [0.2, 0.25) is 0 Å². The van der Waals surface area contributed by atoms with Crippen LogP contribution in [0.4, 0.5) is 11.4 Å². The molecule has 1 aromatic carbocycles. The van der Waals surface area contributed by atoms with Crippen LogP contribution in [0.15, 0.2) is 54.3 Å². The lowest BCUT2D eigenvalue weighted by atomic mass is 10.00. The van der Waals surface area contributed by atoms with E-state index in [0.717, 1.165) is 10.3 Å². The van der Waals surface area contributed by atoms with Gasteiger partial charge >= 0.3 is 17.4 Å². The number of aliphatic carboxylic acids is 1. The first kappa shape index (κ1) is 24.9. The zero-order valence-corrected chi connectivity index (χ0v) is 18.2. The van der Waals surface area contributed by atoms with Crippen molar-refractivity contribution in [1.82, 2.24) is 0 Å². The lowest BCUT2D eigenvalue weighted by Crippen LogP contribution is -3.11. The summed E-state index contributed by atoms with van der Waals surface area (Å²) in [5.74, 6) is -0.514. The molecule has 0 amide bonds. The Labute approximate surface area is 177 Å². The number of carboxylic acid groups (broad SMARTS) is 1. The van der Waals surface area contributed by atoms with Crippen molar-refractivity contribution in [3.63, 3.8) is 0 Å². The van der Waals surface area contributed by atoms with Gasteiger partial charge in [0.1, 0.15) is 6.61 Å². The summed E-state index contributed by atoms with van der Waals surface area (Å²) in [6.07, 6.45) is 5.06. The molecule has 30 heavy (non-hydrogen) atoms. The molecule has 1 aliphatic carbocycles. The first-order valence-corrected chi connectivity index (χ1v) is 9.95. The van der Waals surface area contributed by atoms with Gasteiger partial charge in [0.15, 0.2) is 12.4 Å². The van der Waals surface area contributed by atoms with Crippen LogP contribution in [0.25, 0.3) is 0 Å². The van der Waals surface area contributed by atoms with E-state index in [9.17, 15) is 15.2 Å². The van der Waals surface area contributed by atoms with E-state index in [1.807, 2.05) is 34.6 Å². The zero-order valence-electron chi connectivity index (χ0n) is 18.2. The van der Waals surface area contributed by atoms with Crippen molar-refractivity contribution in [3.05, 3.63) is 54.3 Å². The van der Waals surface area contributed by atoms with E-state index in [0.29, 0.717) is 17.2 Å². The van der Waals surface area contributed by atoms with Crippen molar-refractivity contribution in [2.75, 3.05) is 13.2 Å². The zero-order chi connectivity index (χ0) is 22.8. The number of quaternary nitrogens is 1. The average Bonchev–Trinajstić information content (AvgIpc) is 2.76. The number of fused-ring (bicyclic) bond motifs is 2. The molecule has 0 fully saturated rings. The van der Waals surface area contributed by atoms with Crippen LogP contribution in [0.3, 0.4) is 0 Å². The SMILES string of the molecule is C=C(C)COC1=CC=CC2=[N+](O)c3c(OCC(=O)O)cccc3[NH+](O)C12.CC.CC. The van der Waals surface area contributed by atoms with E-state index in [1.165, 1.54) is 6.07 Å². The molecule has 2 unspecified atom stereocenters. The Kier molecular flexibility index (Phi) is 9.80. The van der Waals surface area contributed by atoms with Gasteiger partial charge in [0.2, 0.25) is 11.4 Å². The first-order chi connectivity index (χ1) is 14.4. The van der Waals surface area contributed by atoms with E-state index < -0.39 is 18.6 Å². The van der Waals surface area contributed by atoms with E-state index in [4.69, 9.17) is 14.6 Å². The number of benzene rings is 1. The molecule has 0 saturated heterocycles. The fraction of sp³-hybridized carbons (Fsp3) is 0.364. The molecule has 0 radical (unpaired) electrons. The second-order valence-electron chi connectivity index (χ2n) is 6.06. The summed E-state index contributed by atoms with van der Waals surface area (Å²) in [5.41, 5.74) is 1.72. The lowest BCUT2D eigenvalue weighted by Gasteiger charge is -2.26. The van der Waals surface area contributed by atoms with Gasteiger partial charge in [-0.3, -0.25) is 5.21 Å². The highest BCUT2D eigenvalue weighted by molar-refractivity contribution is 5.99. The summed E-state index contributed by atoms with van der Waals surface area (Å²) >= 11 is 0. The van der Waals surface area contributed by atoms with Crippen molar-refractivity contribution in [2.45, 2.75) is 40.7 Å². The van der Waals surface area contributed by atoms with Crippen LogP contribution in [0.1, 0.15) is 34.6 Å². The Morgan fingerprint density at radius 1 is 1.20 bits per heavy atom. The summed E-state index contributed by atoms with van der Waals surface area (Å²) < 4.78 is 11.9. The molecule has 2 aliphatic rings. The number of nitrogens with zero attached hydrogens (tertiary/aromatic N) is 1. The molecular weight excluding hydrogens is 388 g/mol. The predicted molar refractivity (Wildman–Crippen MR) is 113 cm³/mol. The van der Waals surface area contributed by atoms with Gasteiger partial charge in [-0.25, -0.2) is 10.0 Å². The summed E-state index contributed by atoms with van der Waals surface area (Å²) in [5, 5.41) is 30.3. The summed E-state index contributed by atoms with van der Waals surface area (Å²) in [6.45, 7) is 13.3. The number of carboxylic acids is 1. The minimum absolute atomic E-state index is 0.0154. The highest BCUT2D eigenvalue weighted by Gasteiger charge is 2.50. The first-order valence-electron chi connectivity index (χ1n) is 9.95. The number of carbonyl (C=O) groups is 1. The van der Waals surface area contributed by atoms with Gasteiger partial charge in [-0.2, -0.15) is 0 Å². The van der Waals surface area contributed by atoms with Crippen molar-refractivity contribution in [1.29, 1.82) is 0 Å². The Bertz CT molecular complexity index is 857. The number of rotatable bonds is 6. The lowest BCUT2D eigenvalue weighted by molar-refractivity contribution is -1.05. The second kappa shape index (κ2) is 11.8. The number of allylic oxidation sites excluding steroid dienone is 2. The van der Waals surface area contributed by atoms with E-state index in [-0.39, 0.29) is 23.1 Å². The molecular formula is C22H32N2O6+2. The number of hydrogen-bond donors (Lipinski definition) is 4. The second-order valence-corrected chi connectivity index (χ2v) is 6.06. The molecule has 0 saturated carbocycles. The third-order valence-corrected chi connectivity index (χ3v) is 3.95. The number of hydroxylamine groups is 1. The molecule has 1 heterocycles. The molecule has 4 N–H and O–H groups in total. The fourth-order valence-electron chi connectivity index (χ4n) is 2.87. The Hall–Kier alpha value is -3.10. The summed E-state index contributed by atoms with van der Waals surface area (Å²) in [4.78, 5) is 10.8. The molecule has 0 bridgehead atoms. The van der Waals surface area contributed by atoms with Crippen molar-refractivity contribution in [3.8, 4) is 5.75 Å². The van der Waals surface area contributed by atoms with Gasteiger partial charge in [0, 0.05) is 16.9 Å². The highest BCUT2D eigenvalue weighted by Crippen LogP contribution is 2.35. The predicted octanol–water partition coefficient (Wildman–Crippen LogP) is 3.01. The van der Waals surface area contributed by atoms with Gasteiger partial charge in [0.25, 0.3) is 6.04 Å². The minimum atomic E-state index is -1.14. The molecule has 0 aromatic heterocycles. The molecule has 8 nitrogen and oxygen atoms in total. The number of nitrogens with one attached hydrogen (secondary N) is 1. The smallest absolute Gasteiger partial charge is 0.362 e. The average molecular weight is 421 g/mol. The summed E-state index contributed by atoms with van der Waals surface area (Å²) in [6, 6.07) is 4.08. The third kappa shape index (κ3) is 5.49. The van der Waals surface area contributed by atoms with Crippen molar-refractivity contribution >= 4 is 23.1 Å². The number of para-hydroxylation sites is 1. The van der Waals surface area contributed by atoms with Gasteiger partial charge < -0.3 is 14.6 Å². The van der Waals surface area contributed by atoms with Crippen LogP contribution in [-0.4, -0.2) is 51.2 Å². The standard InChI is InChI=1S/C18H18N2O6.2C2H6/c1-11(2)9-25-14-7-3-5-12-17(14)19(23)13-6-4-8-15(18(13)20(12)24)26-10-16(21)22;2*1-2/h3-8,17,23H,1,9-10H2,2H3,(H-,21,22,24);2*1-2H3/p+2. The third-order valence-electron chi connectivity index (χ3n) is 3.95. The highest BCUT2D eigenvalue weighted by atomic mass is 16.5. The molecule has 0 spiro atoms. The molecule has 164 valence electrons. The van der Waals surface area contributed by atoms with Gasteiger partial charge in [-0.05, 0) is 24.6 Å². The van der Waals surface area contributed by atoms with E-state index in [2.05, 4.69) is 6.58 Å². The van der Waals surface area contributed by atoms with Crippen LogP contribution in [0.5, 0.6) is 5.75 Å². The van der Waals surface area contributed by atoms with E-state index >= 15 is 0 Å². The van der Waals surface area contributed by atoms with Gasteiger partial charge in [-0.15, -0.1) is 5.06 Å². The van der Waals surface area contributed by atoms with Gasteiger partial charge in [0.05, 0.1) is 0 Å². The van der Waals surface area contributed by atoms with Crippen molar-refractivity contribution < 1.29 is 39.6 Å². The quantitative estimate of drug-likeness (QED) is 0.320. The largest absolute Gasteiger partial charge is 0.487 e. The van der Waals surface area contributed by atoms with Crippen LogP contribution >= 0.6 is 0 Å². The Morgan fingerprint density at radius 2 is 1.87 bits per heavy atom. The van der Waals surface area contributed by atoms with Crippen LogP contribution in [-0.2, 0) is 9.53 Å². The van der Waals surface area contributed by atoms with Crippen LogP contribution < -0.4 is 9.80 Å². The fourth-order valence-corrected chi connectivity index (χ4v) is 2.87. The normalized spacial score (nSPS) is 18.4. The topological polar surface area (TPSA) is 104 Å². The van der Waals surface area contributed by atoms with Gasteiger partial charge in [-0.1, -0.05) is 46.4 Å². The maximum Gasteiger partial charge on any atom is 0.362 e. The Balaban J connectivity index is 0.00000106. The number of ether oxygens (including phenoxy) is 2. The molecule has 1 aromatic rings. The monoisotopic (exact) mass is 420 g/mol. The number of hydrogen-bond acceptors (Lipinski definition) is 5. The molecule has 2 atom stereocenters. The molecule has 3 rings (SSSR count). The maximum absolute atomic E-state index is 10.8. The van der Waals surface area contributed by atoms with Crippen molar-refractivity contribution in [2.24, 2.45) is 0 Å². The maximum atomic E-state index is 10.8. The van der Waals surface area contributed by atoms with E-state index in [1.54, 1.807) is 30.4 Å². The molecule has 8 heteroatoms. The van der Waals surface area contributed by atoms with Crippen LogP contribution in [0, 0.1) is 0 Å². The summed E-state index contributed by atoms with van der Waals surface area (Å²) in [7, 11) is 0. The molecule has 1 aliphatic heterocycles.